The molecule has 104 valence electrons. The molecule has 1 atom stereocenters. The van der Waals surface area contributed by atoms with Gasteiger partial charge in [0.2, 0.25) is 0 Å². The van der Waals surface area contributed by atoms with Crippen LogP contribution in [0.3, 0.4) is 0 Å². The molecule has 0 heterocycles. The molecule has 0 aliphatic rings. The highest BCUT2D eigenvalue weighted by Gasteiger charge is 2.16. The van der Waals surface area contributed by atoms with Gasteiger partial charge in [-0.3, -0.25) is 4.79 Å². The van der Waals surface area contributed by atoms with Crippen LogP contribution in [0.1, 0.15) is 34.5 Å². The second-order valence-corrected chi connectivity index (χ2v) is 5.23. The zero-order valence-corrected chi connectivity index (χ0v) is 12.2. The third kappa shape index (κ3) is 3.20. The van der Waals surface area contributed by atoms with E-state index in [1.54, 1.807) is 0 Å². The molecule has 1 amide bonds. The quantitative estimate of drug-likeness (QED) is 0.824. The Kier molecular flexibility index (Phi) is 4.45. The van der Waals surface area contributed by atoms with Crippen molar-refractivity contribution in [1.29, 1.82) is 0 Å². The first-order valence-corrected chi connectivity index (χ1v) is 6.78. The van der Waals surface area contributed by atoms with Crippen LogP contribution < -0.4 is 5.32 Å². The standard InChI is InChI=1S/C16H16FNOS/c1-10-5-3-4-6-13(10)11(2)18-16(19)14-9-12(20)7-8-15(14)17/h3-9,11,20H,1-2H3,(H,18,19). The second-order valence-electron chi connectivity index (χ2n) is 4.72. The maximum atomic E-state index is 13.7. The Morgan fingerprint density at radius 2 is 1.95 bits per heavy atom. The number of benzene rings is 2. The van der Waals surface area contributed by atoms with Gasteiger partial charge in [-0.05, 0) is 43.2 Å². The van der Waals surface area contributed by atoms with Crippen molar-refractivity contribution >= 4 is 18.5 Å². The van der Waals surface area contributed by atoms with E-state index in [1.165, 1.54) is 18.2 Å². The minimum Gasteiger partial charge on any atom is -0.345 e. The first-order valence-electron chi connectivity index (χ1n) is 6.34. The van der Waals surface area contributed by atoms with Gasteiger partial charge in [0.05, 0.1) is 11.6 Å². The lowest BCUT2D eigenvalue weighted by Crippen LogP contribution is -2.27. The summed E-state index contributed by atoms with van der Waals surface area (Å²) < 4.78 is 13.7. The average Bonchev–Trinajstić information content (AvgIpc) is 2.41. The summed E-state index contributed by atoms with van der Waals surface area (Å²) in [4.78, 5) is 12.7. The lowest BCUT2D eigenvalue weighted by molar-refractivity contribution is 0.0935. The Morgan fingerprint density at radius 3 is 2.65 bits per heavy atom. The van der Waals surface area contributed by atoms with E-state index in [0.29, 0.717) is 4.90 Å². The molecule has 0 saturated heterocycles. The van der Waals surface area contributed by atoms with E-state index in [-0.39, 0.29) is 11.6 Å². The molecule has 2 aromatic rings. The molecular weight excluding hydrogens is 273 g/mol. The predicted octanol–water partition coefficient (Wildman–Crippen LogP) is 3.91. The Hall–Kier alpha value is -1.81. The Bertz CT molecular complexity index is 642. The van der Waals surface area contributed by atoms with Crippen LogP contribution in [-0.4, -0.2) is 5.91 Å². The summed E-state index contributed by atoms with van der Waals surface area (Å²) in [7, 11) is 0. The molecule has 0 saturated carbocycles. The zero-order chi connectivity index (χ0) is 14.7. The molecule has 0 aromatic heterocycles. The zero-order valence-electron chi connectivity index (χ0n) is 11.4. The highest BCUT2D eigenvalue weighted by Crippen LogP contribution is 2.19. The van der Waals surface area contributed by atoms with Crippen LogP contribution in [-0.2, 0) is 0 Å². The average molecular weight is 289 g/mol. The number of aryl methyl sites for hydroxylation is 1. The number of nitrogens with one attached hydrogen (secondary N) is 1. The minimum absolute atomic E-state index is 0.0120. The molecule has 2 rings (SSSR count). The SMILES string of the molecule is Cc1ccccc1C(C)NC(=O)c1cc(S)ccc1F. The largest absolute Gasteiger partial charge is 0.345 e. The maximum absolute atomic E-state index is 13.7. The van der Waals surface area contributed by atoms with Gasteiger partial charge in [0, 0.05) is 4.90 Å². The molecule has 0 radical (unpaired) electrons. The topological polar surface area (TPSA) is 29.1 Å². The van der Waals surface area contributed by atoms with Gasteiger partial charge in [-0.25, -0.2) is 4.39 Å². The van der Waals surface area contributed by atoms with Gasteiger partial charge < -0.3 is 5.32 Å². The van der Waals surface area contributed by atoms with Crippen LogP contribution in [0.15, 0.2) is 47.4 Å². The van der Waals surface area contributed by atoms with Crippen LogP contribution in [0.4, 0.5) is 4.39 Å². The number of carbonyl (C=O) groups excluding carboxylic acids is 1. The highest BCUT2D eigenvalue weighted by molar-refractivity contribution is 7.80. The molecule has 20 heavy (non-hydrogen) atoms. The number of halogens is 1. The van der Waals surface area contributed by atoms with Crippen LogP contribution in [0.2, 0.25) is 0 Å². The van der Waals surface area contributed by atoms with Crippen molar-refractivity contribution in [3.63, 3.8) is 0 Å². The lowest BCUT2D eigenvalue weighted by Gasteiger charge is -2.17. The van der Waals surface area contributed by atoms with Crippen molar-refractivity contribution in [3.8, 4) is 0 Å². The van der Waals surface area contributed by atoms with Crippen molar-refractivity contribution in [2.24, 2.45) is 0 Å². The van der Waals surface area contributed by atoms with E-state index in [2.05, 4.69) is 17.9 Å². The number of rotatable bonds is 3. The molecule has 4 heteroatoms. The normalized spacial score (nSPS) is 12.0. The number of amides is 1. The van der Waals surface area contributed by atoms with Crippen molar-refractivity contribution in [2.45, 2.75) is 24.8 Å². The maximum Gasteiger partial charge on any atom is 0.254 e. The number of carbonyl (C=O) groups is 1. The monoisotopic (exact) mass is 289 g/mol. The van der Waals surface area contributed by atoms with E-state index in [1.807, 2.05) is 38.1 Å². The highest BCUT2D eigenvalue weighted by atomic mass is 32.1. The van der Waals surface area contributed by atoms with E-state index in [4.69, 9.17) is 0 Å². The molecule has 2 nitrogen and oxygen atoms in total. The second kappa shape index (κ2) is 6.09. The summed E-state index contributed by atoms with van der Waals surface area (Å²) in [6.07, 6.45) is 0. The summed E-state index contributed by atoms with van der Waals surface area (Å²) >= 11 is 4.13. The molecular formula is C16H16FNOS. The molecule has 2 aromatic carbocycles. The van der Waals surface area contributed by atoms with Crippen LogP contribution in [0.5, 0.6) is 0 Å². The molecule has 0 spiro atoms. The van der Waals surface area contributed by atoms with E-state index >= 15 is 0 Å². The first-order chi connectivity index (χ1) is 9.49. The van der Waals surface area contributed by atoms with Crippen LogP contribution in [0, 0.1) is 12.7 Å². The number of thiol groups is 1. The van der Waals surface area contributed by atoms with Gasteiger partial charge in [0.1, 0.15) is 5.82 Å². The van der Waals surface area contributed by atoms with Gasteiger partial charge in [0.25, 0.3) is 5.91 Å². The summed E-state index contributed by atoms with van der Waals surface area (Å²) in [5, 5.41) is 2.81. The fraction of sp³-hybridized carbons (Fsp3) is 0.188. The van der Waals surface area contributed by atoms with Gasteiger partial charge in [-0.1, -0.05) is 24.3 Å². The smallest absolute Gasteiger partial charge is 0.254 e. The minimum atomic E-state index is -0.544. The molecule has 0 bridgehead atoms. The summed E-state index contributed by atoms with van der Waals surface area (Å²) in [6.45, 7) is 3.86. The van der Waals surface area contributed by atoms with Crippen LogP contribution >= 0.6 is 12.6 Å². The summed E-state index contributed by atoms with van der Waals surface area (Å²) in [5.41, 5.74) is 2.12. The van der Waals surface area contributed by atoms with Gasteiger partial charge in [-0.15, -0.1) is 12.6 Å². The molecule has 1 N–H and O–H groups in total. The van der Waals surface area contributed by atoms with E-state index < -0.39 is 11.7 Å². The van der Waals surface area contributed by atoms with Crippen molar-refractivity contribution in [3.05, 3.63) is 65.0 Å². The van der Waals surface area contributed by atoms with E-state index in [9.17, 15) is 9.18 Å². The van der Waals surface area contributed by atoms with Gasteiger partial charge >= 0.3 is 0 Å². The molecule has 1 unspecified atom stereocenters. The van der Waals surface area contributed by atoms with Gasteiger partial charge in [0.15, 0.2) is 0 Å². The fourth-order valence-electron chi connectivity index (χ4n) is 2.11. The Morgan fingerprint density at radius 1 is 1.25 bits per heavy atom. The Balaban J connectivity index is 2.20. The third-order valence-corrected chi connectivity index (χ3v) is 3.48. The van der Waals surface area contributed by atoms with Gasteiger partial charge in [-0.2, -0.15) is 0 Å². The van der Waals surface area contributed by atoms with E-state index in [0.717, 1.165) is 11.1 Å². The molecule has 0 aliphatic carbocycles. The summed E-state index contributed by atoms with van der Waals surface area (Å²) in [5.74, 6) is -0.980. The van der Waals surface area contributed by atoms with Crippen molar-refractivity contribution < 1.29 is 9.18 Å². The predicted molar refractivity (Wildman–Crippen MR) is 80.7 cm³/mol. The first kappa shape index (κ1) is 14.6. The molecule has 0 fully saturated rings. The summed E-state index contributed by atoms with van der Waals surface area (Å²) in [6, 6.07) is 11.8. The number of hydrogen-bond acceptors (Lipinski definition) is 2. The lowest BCUT2D eigenvalue weighted by atomic mass is 10.0. The fourth-order valence-corrected chi connectivity index (χ4v) is 2.32. The number of hydrogen-bond donors (Lipinski definition) is 2. The third-order valence-electron chi connectivity index (χ3n) is 3.20. The molecule has 0 aliphatic heterocycles. The van der Waals surface area contributed by atoms with Crippen molar-refractivity contribution in [2.75, 3.05) is 0 Å². The Labute approximate surface area is 123 Å². The van der Waals surface area contributed by atoms with Crippen molar-refractivity contribution in [1.82, 2.24) is 5.32 Å². The van der Waals surface area contributed by atoms with Crippen LogP contribution in [0.25, 0.3) is 0 Å².